The number of rotatable bonds is 7. The molecule has 0 spiro atoms. The normalized spacial score (nSPS) is 20.1. The Hall–Kier alpha value is -3.35. The maximum atomic E-state index is 13.2. The Bertz CT molecular complexity index is 1040. The number of hydrogen-bond donors (Lipinski definition) is 2. The van der Waals surface area contributed by atoms with Crippen LogP contribution in [0.25, 0.3) is 11.1 Å². The molecule has 2 aromatic rings. The van der Waals surface area contributed by atoms with Gasteiger partial charge in [0, 0.05) is 19.0 Å². The Kier molecular flexibility index (Phi) is 6.91. The maximum absolute atomic E-state index is 13.2. The van der Waals surface area contributed by atoms with Gasteiger partial charge in [0.05, 0.1) is 5.92 Å². The second-order valence-corrected chi connectivity index (χ2v) is 9.82. The molecule has 2 N–H and O–H groups in total. The van der Waals surface area contributed by atoms with Crippen molar-refractivity contribution in [2.75, 3.05) is 19.7 Å². The zero-order valence-electron chi connectivity index (χ0n) is 19.9. The van der Waals surface area contributed by atoms with E-state index in [9.17, 15) is 19.5 Å². The molecule has 1 aliphatic heterocycles. The molecule has 4 rings (SSSR count). The molecule has 2 amide bonds. The summed E-state index contributed by atoms with van der Waals surface area (Å²) >= 11 is 0. The van der Waals surface area contributed by atoms with Crippen molar-refractivity contribution in [2.45, 2.75) is 39.2 Å². The highest BCUT2D eigenvalue weighted by molar-refractivity contribution is 5.87. The van der Waals surface area contributed by atoms with Crippen LogP contribution in [0.5, 0.6) is 0 Å². The number of nitrogens with zero attached hydrogens (tertiary/aromatic N) is 1. The summed E-state index contributed by atoms with van der Waals surface area (Å²) in [6, 6.07) is 15.5. The van der Waals surface area contributed by atoms with Crippen LogP contribution < -0.4 is 5.32 Å². The molecule has 2 aromatic carbocycles. The van der Waals surface area contributed by atoms with Crippen LogP contribution in [-0.4, -0.2) is 53.7 Å². The smallest absolute Gasteiger partial charge is 0.407 e. The first kappa shape index (κ1) is 23.8. The van der Waals surface area contributed by atoms with Gasteiger partial charge >= 0.3 is 12.1 Å². The molecule has 1 heterocycles. The molecule has 180 valence electrons. The van der Waals surface area contributed by atoms with Crippen molar-refractivity contribution in [1.29, 1.82) is 0 Å². The summed E-state index contributed by atoms with van der Waals surface area (Å²) < 4.78 is 5.63. The molecule has 1 fully saturated rings. The summed E-state index contributed by atoms with van der Waals surface area (Å²) in [4.78, 5) is 39.0. The third-order valence-electron chi connectivity index (χ3n) is 6.88. The van der Waals surface area contributed by atoms with Gasteiger partial charge in [-0.3, -0.25) is 9.59 Å². The van der Waals surface area contributed by atoms with Crippen LogP contribution in [0.3, 0.4) is 0 Å². The van der Waals surface area contributed by atoms with Gasteiger partial charge in [0.1, 0.15) is 12.6 Å². The summed E-state index contributed by atoms with van der Waals surface area (Å²) in [5.74, 6) is -1.76. The van der Waals surface area contributed by atoms with Gasteiger partial charge < -0.3 is 20.1 Å². The molecule has 3 atom stereocenters. The van der Waals surface area contributed by atoms with Crippen LogP contribution >= 0.6 is 0 Å². The fourth-order valence-corrected chi connectivity index (χ4v) is 5.16. The number of carbonyl (C=O) groups is 3. The van der Waals surface area contributed by atoms with E-state index in [2.05, 4.69) is 29.6 Å². The minimum Gasteiger partial charge on any atom is -0.481 e. The average Bonchev–Trinajstić information content (AvgIpc) is 3.35. The van der Waals surface area contributed by atoms with Gasteiger partial charge in [0.2, 0.25) is 5.91 Å². The van der Waals surface area contributed by atoms with Crippen molar-refractivity contribution in [3.63, 3.8) is 0 Å². The number of amides is 2. The van der Waals surface area contributed by atoms with Crippen molar-refractivity contribution in [3.8, 4) is 11.1 Å². The topological polar surface area (TPSA) is 95.9 Å². The van der Waals surface area contributed by atoms with Crippen molar-refractivity contribution in [1.82, 2.24) is 10.2 Å². The highest BCUT2D eigenvalue weighted by atomic mass is 16.5. The third kappa shape index (κ3) is 4.79. The van der Waals surface area contributed by atoms with E-state index < -0.39 is 24.0 Å². The molecule has 34 heavy (non-hydrogen) atoms. The highest BCUT2D eigenvalue weighted by Gasteiger charge is 2.39. The Labute approximate surface area is 200 Å². The van der Waals surface area contributed by atoms with Crippen molar-refractivity contribution in [3.05, 3.63) is 59.7 Å². The fourth-order valence-electron chi connectivity index (χ4n) is 5.16. The summed E-state index contributed by atoms with van der Waals surface area (Å²) in [5.41, 5.74) is 4.54. The predicted octanol–water partition coefficient (Wildman–Crippen LogP) is 4.12. The first-order chi connectivity index (χ1) is 16.3. The van der Waals surface area contributed by atoms with Gasteiger partial charge in [-0.2, -0.15) is 0 Å². The average molecular weight is 465 g/mol. The van der Waals surface area contributed by atoms with Gasteiger partial charge in [-0.05, 0) is 40.5 Å². The number of carbonyl (C=O) groups excluding carboxylic acids is 2. The zero-order chi connectivity index (χ0) is 24.4. The lowest BCUT2D eigenvalue weighted by molar-refractivity contribution is -0.142. The molecule has 7 nitrogen and oxygen atoms in total. The first-order valence-electron chi connectivity index (χ1n) is 11.9. The van der Waals surface area contributed by atoms with E-state index in [1.54, 1.807) is 4.90 Å². The number of ether oxygens (including phenoxy) is 1. The number of hydrogen-bond acceptors (Lipinski definition) is 4. The summed E-state index contributed by atoms with van der Waals surface area (Å²) in [6.07, 6.45) is -0.186. The van der Waals surface area contributed by atoms with Crippen LogP contribution in [0.15, 0.2) is 48.5 Å². The van der Waals surface area contributed by atoms with E-state index in [4.69, 9.17) is 4.74 Å². The number of carboxylic acids is 1. The molecule has 0 radical (unpaired) electrons. The molecule has 0 saturated carbocycles. The Morgan fingerprint density at radius 1 is 1.03 bits per heavy atom. The van der Waals surface area contributed by atoms with Crippen molar-refractivity contribution >= 4 is 18.0 Å². The van der Waals surface area contributed by atoms with E-state index >= 15 is 0 Å². The first-order valence-corrected chi connectivity index (χ1v) is 11.9. The van der Waals surface area contributed by atoms with E-state index in [-0.39, 0.29) is 36.8 Å². The van der Waals surface area contributed by atoms with Crippen molar-refractivity contribution in [2.24, 2.45) is 17.8 Å². The Morgan fingerprint density at radius 2 is 1.62 bits per heavy atom. The lowest BCUT2D eigenvalue weighted by Crippen LogP contribution is -2.49. The monoisotopic (exact) mass is 464 g/mol. The standard InChI is InChI=1S/C27H32N2O5/c1-16(2)12-24(25(30)29-13-17(3)22(14-29)26(31)32)28-27(33)34-15-23-20-10-6-4-8-18(20)19-9-5-7-11-21(19)23/h4-11,16-17,22-24H,12-15H2,1-3H3,(H,28,33)(H,31,32)/t17?,22?,24-/m1/s1. The summed E-state index contributed by atoms with van der Waals surface area (Å²) in [6.45, 7) is 6.50. The number of aliphatic carboxylic acids is 1. The number of likely N-dealkylation sites (tertiary alicyclic amines) is 1. The van der Waals surface area contributed by atoms with Crippen LogP contribution in [0.2, 0.25) is 0 Å². The predicted molar refractivity (Wildman–Crippen MR) is 128 cm³/mol. The number of alkyl carbamates (subject to hydrolysis) is 1. The van der Waals surface area contributed by atoms with Crippen LogP contribution in [0, 0.1) is 17.8 Å². The number of benzene rings is 2. The van der Waals surface area contributed by atoms with Gasteiger partial charge in [0.15, 0.2) is 0 Å². The van der Waals surface area contributed by atoms with Gasteiger partial charge in [0.25, 0.3) is 0 Å². The van der Waals surface area contributed by atoms with Crippen LogP contribution in [-0.2, 0) is 14.3 Å². The van der Waals surface area contributed by atoms with E-state index in [1.807, 2.05) is 45.0 Å². The third-order valence-corrected chi connectivity index (χ3v) is 6.88. The molecular formula is C27H32N2O5. The lowest BCUT2D eigenvalue weighted by atomic mass is 9.98. The second-order valence-electron chi connectivity index (χ2n) is 9.82. The largest absolute Gasteiger partial charge is 0.481 e. The fraction of sp³-hybridized carbons (Fsp3) is 0.444. The number of nitrogens with one attached hydrogen (secondary N) is 1. The molecule has 2 aliphatic rings. The molecule has 0 aromatic heterocycles. The summed E-state index contributed by atoms with van der Waals surface area (Å²) in [7, 11) is 0. The van der Waals surface area contributed by atoms with E-state index in [0.29, 0.717) is 13.0 Å². The summed E-state index contributed by atoms with van der Waals surface area (Å²) in [5, 5.41) is 12.2. The molecule has 7 heteroatoms. The van der Waals surface area contributed by atoms with Gasteiger partial charge in [-0.15, -0.1) is 0 Å². The van der Waals surface area contributed by atoms with E-state index in [1.165, 1.54) is 0 Å². The second kappa shape index (κ2) is 9.87. The maximum Gasteiger partial charge on any atom is 0.407 e. The number of carboxylic acid groups (broad SMARTS) is 1. The molecule has 0 bridgehead atoms. The van der Waals surface area contributed by atoms with Crippen LogP contribution in [0.1, 0.15) is 44.2 Å². The van der Waals surface area contributed by atoms with Gasteiger partial charge in [-0.25, -0.2) is 4.79 Å². The van der Waals surface area contributed by atoms with Gasteiger partial charge in [-0.1, -0.05) is 69.3 Å². The van der Waals surface area contributed by atoms with Crippen molar-refractivity contribution < 1.29 is 24.2 Å². The quantitative estimate of drug-likeness (QED) is 0.643. The van der Waals surface area contributed by atoms with E-state index in [0.717, 1.165) is 22.3 Å². The molecular weight excluding hydrogens is 432 g/mol. The Morgan fingerprint density at radius 3 is 2.15 bits per heavy atom. The SMILES string of the molecule is CC(C)C[C@@H](NC(=O)OCC1c2ccccc2-c2ccccc21)C(=O)N1CC(C)C(C(=O)O)C1. The molecule has 1 aliphatic carbocycles. The molecule has 1 saturated heterocycles. The molecule has 2 unspecified atom stereocenters. The minimum atomic E-state index is -0.896. The zero-order valence-corrected chi connectivity index (χ0v) is 19.9. The van der Waals surface area contributed by atoms with Crippen LogP contribution in [0.4, 0.5) is 4.79 Å². The minimum absolute atomic E-state index is 0.0619. The highest BCUT2D eigenvalue weighted by Crippen LogP contribution is 2.44. The lowest BCUT2D eigenvalue weighted by Gasteiger charge is -2.25. The number of fused-ring (bicyclic) bond motifs is 3. The Balaban J connectivity index is 1.42.